The average Bonchev–Trinajstić information content (AvgIpc) is 2.87. The van der Waals surface area contributed by atoms with Crippen molar-refractivity contribution in [2.45, 2.75) is 71.3 Å². The molecule has 0 saturated carbocycles. The Morgan fingerprint density at radius 2 is 1.74 bits per heavy atom. The lowest BCUT2D eigenvalue weighted by molar-refractivity contribution is -0.686. The molecule has 1 heteroatoms. The summed E-state index contributed by atoms with van der Waals surface area (Å²) in [4.78, 5) is 0. The van der Waals surface area contributed by atoms with Gasteiger partial charge >= 0.3 is 0 Å². The molecule has 0 atom stereocenters. The van der Waals surface area contributed by atoms with Crippen molar-refractivity contribution in [2.24, 2.45) is 0 Å². The maximum atomic E-state index is 2.48. The van der Waals surface area contributed by atoms with Gasteiger partial charge in [-0.15, -0.1) is 0 Å². The third-order valence-electron chi connectivity index (χ3n) is 6.90. The summed E-state index contributed by atoms with van der Waals surface area (Å²) in [6.45, 7) is 8.12. The van der Waals surface area contributed by atoms with Gasteiger partial charge in [0.2, 0.25) is 5.69 Å². The normalized spacial score (nSPS) is 15.2. The first-order valence-electron chi connectivity index (χ1n) is 10.8. The molecule has 4 rings (SSSR count). The second-order valence-corrected chi connectivity index (χ2v) is 8.12. The van der Waals surface area contributed by atoms with Gasteiger partial charge in [0.25, 0.3) is 0 Å². The summed E-state index contributed by atoms with van der Waals surface area (Å²) in [5, 5.41) is 2.89. The molecule has 2 heterocycles. The molecule has 0 radical (unpaired) electrons. The van der Waals surface area contributed by atoms with E-state index in [1.54, 1.807) is 5.56 Å². The van der Waals surface area contributed by atoms with Crippen molar-refractivity contribution in [3.63, 3.8) is 0 Å². The van der Waals surface area contributed by atoms with Gasteiger partial charge in [-0.1, -0.05) is 57.5 Å². The molecule has 0 bridgehead atoms. The third kappa shape index (κ3) is 2.98. The van der Waals surface area contributed by atoms with Crippen LogP contribution in [0, 0.1) is 0 Å². The number of rotatable bonds is 5. The fourth-order valence-corrected chi connectivity index (χ4v) is 5.08. The van der Waals surface area contributed by atoms with Gasteiger partial charge in [0, 0.05) is 24.0 Å². The molecule has 0 fully saturated rings. The largest absolute Gasteiger partial charge is 0.213 e. The van der Waals surface area contributed by atoms with E-state index in [0.29, 0.717) is 0 Å². The van der Waals surface area contributed by atoms with Crippen LogP contribution in [-0.4, -0.2) is 0 Å². The van der Waals surface area contributed by atoms with Crippen LogP contribution in [0.4, 0.5) is 0 Å². The Morgan fingerprint density at radius 1 is 0.889 bits per heavy atom. The predicted octanol–water partition coefficient (Wildman–Crippen LogP) is 6.60. The maximum absolute atomic E-state index is 2.48. The molecule has 1 nitrogen and oxygen atoms in total. The summed E-state index contributed by atoms with van der Waals surface area (Å²) in [5.74, 6) is 0. The topological polar surface area (TPSA) is 3.88 Å². The first kappa shape index (κ1) is 18.2. The van der Waals surface area contributed by atoms with Crippen LogP contribution >= 0.6 is 0 Å². The van der Waals surface area contributed by atoms with E-state index in [9.17, 15) is 0 Å². The van der Waals surface area contributed by atoms with Crippen molar-refractivity contribution in [3.8, 4) is 11.3 Å². The SMILES string of the molecule is CCCCc1cccc2c3c(ccc12)C(CC)(CC)CC[n+]1ccccc1-3. The molecule has 0 unspecified atom stereocenters. The number of nitrogens with zero attached hydrogens (tertiary/aromatic N) is 1. The molecule has 3 aromatic rings. The summed E-state index contributed by atoms with van der Waals surface area (Å²) in [5.41, 5.74) is 6.20. The first-order chi connectivity index (χ1) is 13.2. The number of pyridine rings is 1. The molecule has 1 aliphatic heterocycles. The molecular weight excluding hydrogens is 326 g/mol. The van der Waals surface area contributed by atoms with E-state index < -0.39 is 0 Å². The Kier molecular flexibility index (Phi) is 5.04. The standard InChI is InChI=1S/C26H32N/c1-4-7-11-20-12-10-13-22-21(20)15-16-23-25(22)24-14-8-9-18-27(24)19-17-26(23,5-2)6-3/h8-10,12-16,18H,4-7,11,17,19H2,1-3H3/q+1. The number of fused-ring (bicyclic) bond motifs is 5. The van der Waals surface area contributed by atoms with Crippen LogP contribution in [0.25, 0.3) is 22.0 Å². The van der Waals surface area contributed by atoms with E-state index in [2.05, 4.69) is 80.1 Å². The molecule has 0 saturated heterocycles. The fourth-order valence-electron chi connectivity index (χ4n) is 5.08. The van der Waals surface area contributed by atoms with E-state index in [0.717, 1.165) is 6.54 Å². The number of unbranched alkanes of at least 4 members (excludes halogenated alkanes) is 1. The van der Waals surface area contributed by atoms with Crippen LogP contribution in [0.5, 0.6) is 0 Å². The van der Waals surface area contributed by atoms with Gasteiger partial charge in [0.15, 0.2) is 6.20 Å². The van der Waals surface area contributed by atoms with Crippen molar-refractivity contribution >= 4 is 10.8 Å². The lowest BCUT2D eigenvalue weighted by Crippen LogP contribution is -2.36. The minimum atomic E-state index is 0.273. The number of aryl methyl sites for hydroxylation is 2. The molecule has 0 aliphatic carbocycles. The predicted molar refractivity (Wildman–Crippen MR) is 115 cm³/mol. The van der Waals surface area contributed by atoms with Crippen molar-refractivity contribution in [2.75, 3.05) is 0 Å². The van der Waals surface area contributed by atoms with Gasteiger partial charge in [-0.05, 0) is 53.6 Å². The second kappa shape index (κ2) is 7.46. The summed E-state index contributed by atoms with van der Waals surface area (Å²) >= 11 is 0. The Bertz CT molecular complexity index is 950. The summed E-state index contributed by atoms with van der Waals surface area (Å²) in [6, 6.07) is 18.5. The zero-order valence-corrected chi connectivity index (χ0v) is 17.1. The molecule has 2 aromatic carbocycles. The molecular formula is C26H32N+. The number of aromatic nitrogens is 1. The molecule has 0 spiro atoms. The highest BCUT2D eigenvalue weighted by Crippen LogP contribution is 2.45. The summed E-state index contributed by atoms with van der Waals surface area (Å²) < 4.78 is 2.48. The van der Waals surface area contributed by atoms with Gasteiger partial charge in [0.1, 0.15) is 6.54 Å². The number of benzene rings is 2. The highest BCUT2D eigenvalue weighted by molar-refractivity contribution is 5.99. The molecule has 1 aromatic heterocycles. The van der Waals surface area contributed by atoms with E-state index in [1.165, 1.54) is 66.1 Å². The molecule has 140 valence electrons. The van der Waals surface area contributed by atoms with Gasteiger partial charge < -0.3 is 0 Å². The van der Waals surface area contributed by atoms with Crippen LogP contribution in [0.3, 0.4) is 0 Å². The van der Waals surface area contributed by atoms with Gasteiger partial charge in [-0.3, -0.25) is 0 Å². The van der Waals surface area contributed by atoms with E-state index in [-0.39, 0.29) is 5.41 Å². The third-order valence-corrected chi connectivity index (χ3v) is 6.90. The van der Waals surface area contributed by atoms with Crippen molar-refractivity contribution in [1.82, 2.24) is 0 Å². The van der Waals surface area contributed by atoms with E-state index >= 15 is 0 Å². The van der Waals surface area contributed by atoms with Gasteiger partial charge in [-0.2, -0.15) is 4.57 Å². The average molecular weight is 359 g/mol. The Labute approximate surface area is 164 Å². The van der Waals surface area contributed by atoms with Gasteiger partial charge in [-0.25, -0.2) is 0 Å². The zero-order chi connectivity index (χ0) is 18.9. The van der Waals surface area contributed by atoms with Crippen molar-refractivity contribution in [3.05, 3.63) is 65.9 Å². The molecule has 27 heavy (non-hydrogen) atoms. The first-order valence-corrected chi connectivity index (χ1v) is 10.8. The van der Waals surface area contributed by atoms with Crippen molar-refractivity contribution < 1.29 is 4.57 Å². The molecule has 0 amide bonds. The second-order valence-electron chi connectivity index (χ2n) is 8.12. The van der Waals surface area contributed by atoms with E-state index in [1.807, 2.05) is 0 Å². The van der Waals surface area contributed by atoms with Crippen LogP contribution in [0.15, 0.2) is 54.7 Å². The van der Waals surface area contributed by atoms with E-state index in [4.69, 9.17) is 0 Å². The quantitative estimate of drug-likeness (QED) is 0.452. The fraction of sp³-hybridized carbons (Fsp3) is 0.423. The lowest BCUT2D eigenvalue weighted by atomic mass is 9.71. The minimum absolute atomic E-state index is 0.273. The Balaban J connectivity index is 2.06. The van der Waals surface area contributed by atoms with Crippen LogP contribution < -0.4 is 4.57 Å². The highest BCUT2D eigenvalue weighted by Gasteiger charge is 2.37. The number of hydrogen-bond acceptors (Lipinski definition) is 0. The molecule has 1 aliphatic rings. The lowest BCUT2D eigenvalue weighted by Gasteiger charge is -2.31. The molecule has 0 N–H and O–H groups in total. The minimum Gasteiger partial charge on any atom is -0.198 e. The Morgan fingerprint density at radius 3 is 2.52 bits per heavy atom. The monoisotopic (exact) mass is 358 g/mol. The smallest absolute Gasteiger partial charge is 0.198 e. The maximum Gasteiger partial charge on any atom is 0.213 e. The number of hydrogen-bond donors (Lipinski definition) is 0. The van der Waals surface area contributed by atoms with Crippen LogP contribution in [0.1, 0.15) is 64.0 Å². The Hall–Kier alpha value is -2.15. The summed E-state index contributed by atoms with van der Waals surface area (Å²) in [6.07, 6.45) is 9.56. The zero-order valence-electron chi connectivity index (χ0n) is 17.1. The van der Waals surface area contributed by atoms with Crippen LogP contribution in [0.2, 0.25) is 0 Å². The summed E-state index contributed by atoms with van der Waals surface area (Å²) in [7, 11) is 0. The highest BCUT2D eigenvalue weighted by atomic mass is 15.0. The van der Waals surface area contributed by atoms with Gasteiger partial charge in [0.05, 0.1) is 5.56 Å². The van der Waals surface area contributed by atoms with Crippen molar-refractivity contribution in [1.29, 1.82) is 0 Å². The van der Waals surface area contributed by atoms with Crippen LogP contribution in [-0.2, 0) is 18.4 Å².